The van der Waals surface area contributed by atoms with Crippen LogP contribution in [0, 0.1) is 6.92 Å². The normalized spacial score (nSPS) is 10.8. The highest BCUT2D eigenvalue weighted by Gasteiger charge is 2.17. The van der Waals surface area contributed by atoms with Crippen LogP contribution in [0.1, 0.15) is 23.4 Å². The summed E-state index contributed by atoms with van der Waals surface area (Å²) in [7, 11) is 0. The molecule has 0 fully saturated rings. The molecule has 0 saturated carbocycles. The lowest BCUT2D eigenvalue weighted by Crippen LogP contribution is -1.96. The van der Waals surface area contributed by atoms with Gasteiger partial charge in [0.25, 0.3) is 6.43 Å². The third-order valence-corrected chi connectivity index (χ3v) is 1.87. The smallest absolute Gasteiger partial charge is 0.284 e. The third-order valence-electron chi connectivity index (χ3n) is 1.58. The number of hydrogen-bond acceptors (Lipinski definition) is 2. The molecule has 1 rings (SSSR count). The van der Waals surface area contributed by atoms with Crippen LogP contribution >= 0.6 is 11.6 Å². The summed E-state index contributed by atoms with van der Waals surface area (Å²) in [5, 5.41) is 9.26. The number of alkyl halides is 3. The van der Waals surface area contributed by atoms with Gasteiger partial charge in [-0.1, -0.05) is 0 Å². The highest BCUT2D eigenvalue weighted by molar-refractivity contribution is 6.17. The molecule has 1 aromatic heterocycles. The van der Waals surface area contributed by atoms with Gasteiger partial charge in [0, 0.05) is 11.3 Å². The summed E-state index contributed by atoms with van der Waals surface area (Å²) in [6.07, 6.45) is -2.78. The van der Waals surface area contributed by atoms with Gasteiger partial charge in [0.1, 0.15) is 11.4 Å². The molecule has 0 aromatic carbocycles. The second-order valence-electron chi connectivity index (χ2n) is 2.59. The van der Waals surface area contributed by atoms with Gasteiger partial charge in [-0.05, 0) is 13.0 Å². The van der Waals surface area contributed by atoms with E-state index in [1.807, 2.05) is 0 Å². The Hall–Kier alpha value is -0.900. The van der Waals surface area contributed by atoms with E-state index >= 15 is 0 Å². The molecule has 0 aliphatic carbocycles. The Labute approximate surface area is 79.2 Å². The van der Waals surface area contributed by atoms with E-state index in [1.54, 1.807) is 6.92 Å². The molecular weight excluding hydrogens is 200 g/mol. The van der Waals surface area contributed by atoms with Gasteiger partial charge in [-0.15, -0.1) is 11.6 Å². The topological polar surface area (TPSA) is 33.1 Å². The van der Waals surface area contributed by atoms with Crippen molar-refractivity contribution < 1.29 is 13.9 Å². The molecule has 0 spiro atoms. The molecule has 0 saturated heterocycles. The number of aromatic nitrogens is 1. The molecule has 0 aliphatic rings. The zero-order valence-corrected chi connectivity index (χ0v) is 7.65. The van der Waals surface area contributed by atoms with Crippen LogP contribution in [0.3, 0.4) is 0 Å². The van der Waals surface area contributed by atoms with Crippen molar-refractivity contribution in [1.82, 2.24) is 4.98 Å². The van der Waals surface area contributed by atoms with Crippen LogP contribution in [0.25, 0.3) is 0 Å². The minimum Gasteiger partial charge on any atom is -0.505 e. The summed E-state index contributed by atoms with van der Waals surface area (Å²) in [5.41, 5.74) is 0.101. The molecular formula is C8H8ClF2NO. The SMILES string of the molecule is Cc1cc(CCl)c(O)c(C(F)F)n1. The number of halogens is 3. The minimum atomic E-state index is -2.78. The first-order valence-corrected chi connectivity index (χ1v) is 4.13. The fourth-order valence-electron chi connectivity index (χ4n) is 1.01. The first-order valence-electron chi connectivity index (χ1n) is 3.59. The van der Waals surface area contributed by atoms with Crippen LogP contribution < -0.4 is 0 Å². The molecule has 2 nitrogen and oxygen atoms in total. The van der Waals surface area contributed by atoms with Crippen LogP contribution in [-0.2, 0) is 5.88 Å². The zero-order valence-electron chi connectivity index (χ0n) is 6.89. The Morgan fingerprint density at radius 2 is 2.23 bits per heavy atom. The number of rotatable bonds is 2. The second-order valence-corrected chi connectivity index (χ2v) is 2.86. The van der Waals surface area contributed by atoms with Gasteiger partial charge in [-0.2, -0.15) is 0 Å². The van der Waals surface area contributed by atoms with Crippen LogP contribution in [-0.4, -0.2) is 10.1 Å². The van der Waals surface area contributed by atoms with Gasteiger partial charge in [-0.3, -0.25) is 0 Å². The summed E-state index contributed by atoms with van der Waals surface area (Å²) in [5.74, 6) is -0.509. The largest absolute Gasteiger partial charge is 0.505 e. The summed E-state index contributed by atoms with van der Waals surface area (Å²) >= 11 is 5.45. The average Bonchev–Trinajstić information content (AvgIpc) is 2.08. The first-order chi connectivity index (χ1) is 6.06. The van der Waals surface area contributed by atoms with Gasteiger partial charge < -0.3 is 5.11 Å². The molecule has 72 valence electrons. The molecule has 0 aliphatic heterocycles. The summed E-state index contributed by atoms with van der Waals surface area (Å²) in [6, 6.07) is 1.48. The van der Waals surface area contributed by atoms with Crippen LogP contribution in [0.2, 0.25) is 0 Å². The van der Waals surface area contributed by atoms with Gasteiger partial charge >= 0.3 is 0 Å². The first kappa shape index (κ1) is 10.2. The van der Waals surface area contributed by atoms with Gasteiger partial charge in [-0.25, -0.2) is 13.8 Å². The van der Waals surface area contributed by atoms with Crippen molar-refractivity contribution in [3.63, 3.8) is 0 Å². The van der Waals surface area contributed by atoms with E-state index in [-0.39, 0.29) is 11.4 Å². The number of aromatic hydroxyl groups is 1. The van der Waals surface area contributed by atoms with Crippen molar-refractivity contribution in [3.8, 4) is 5.75 Å². The Balaban J connectivity index is 3.27. The molecule has 1 aromatic rings. The van der Waals surface area contributed by atoms with Crippen LogP contribution in [0.5, 0.6) is 5.75 Å². The molecule has 0 radical (unpaired) electrons. The number of aryl methyl sites for hydroxylation is 1. The molecule has 0 amide bonds. The second kappa shape index (κ2) is 3.87. The van der Waals surface area contributed by atoms with E-state index in [1.165, 1.54) is 6.07 Å². The number of nitrogens with zero attached hydrogens (tertiary/aromatic N) is 1. The average molecular weight is 208 g/mol. The number of pyridine rings is 1. The standard InChI is InChI=1S/C8H8ClF2NO/c1-4-2-5(3-9)7(13)6(12-4)8(10)11/h2,8,13H,3H2,1H3. The molecule has 1 N–H and O–H groups in total. The van der Waals surface area contributed by atoms with Crippen molar-refractivity contribution in [2.75, 3.05) is 0 Å². The molecule has 1 heterocycles. The fourth-order valence-corrected chi connectivity index (χ4v) is 1.22. The summed E-state index contributed by atoms with van der Waals surface area (Å²) < 4.78 is 24.5. The third kappa shape index (κ3) is 2.06. The lowest BCUT2D eigenvalue weighted by Gasteiger charge is -2.07. The van der Waals surface area contributed by atoms with E-state index in [0.29, 0.717) is 5.69 Å². The Bertz CT molecular complexity index is 317. The maximum absolute atomic E-state index is 12.3. The van der Waals surface area contributed by atoms with Crippen molar-refractivity contribution in [2.24, 2.45) is 0 Å². The highest BCUT2D eigenvalue weighted by Crippen LogP contribution is 2.30. The maximum Gasteiger partial charge on any atom is 0.284 e. The van der Waals surface area contributed by atoms with Gasteiger partial charge in [0.2, 0.25) is 0 Å². The molecule has 0 bridgehead atoms. The molecule has 0 unspecified atom stereocenters. The Morgan fingerprint density at radius 3 is 2.69 bits per heavy atom. The molecule has 0 atom stereocenters. The highest BCUT2D eigenvalue weighted by atomic mass is 35.5. The van der Waals surface area contributed by atoms with E-state index in [2.05, 4.69) is 4.98 Å². The van der Waals surface area contributed by atoms with Gasteiger partial charge in [0.15, 0.2) is 0 Å². The van der Waals surface area contributed by atoms with Crippen molar-refractivity contribution in [3.05, 3.63) is 23.0 Å². The quantitative estimate of drug-likeness (QED) is 0.757. The lowest BCUT2D eigenvalue weighted by atomic mass is 10.2. The van der Waals surface area contributed by atoms with Crippen LogP contribution in [0.4, 0.5) is 8.78 Å². The van der Waals surface area contributed by atoms with Crippen molar-refractivity contribution >= 4 is 11.6 Å². The van der Waals surface area contributed by atoms with E-state index < -0.39 is 17.9 Å². The van der Waals surface area contributed by atoms with Crippen molar-refractivity contribution in [2.45, 2.75) is 19.2 Å². The minimum absolute atomic E-state index is 0.00505. The fraction of sp³-hybridized carbons (Fsp3) is 0.375. The Kier molecular flexibility index (Phi) is 3.03. The summed E-state index contributed by atoms with van der Waals surface area (Å²) in [4.78, 5) is 3.52. The van der Waals surface area contributed by atoms with E-state index in [9.17, 15) is 13.9 Å². The lowest BCUT2D eigenvalue weighted by molar-refractivity contribution is 0.141. The monoisotopic (exact) mass is 207 g/mol. The molecule has 13 heavy (non-hydrogen) atoms. The van der Waals surface area contributed by atoms with Crippen molar-refractivity contribution in [1.29, 1.82) is 0 Å². The number of hydrogen-bond donors (Lipinski definition) is 1. The predicted molar refractivity (Wildman–Crippen MR) is 45.2 cm³/mol. The maximum atomic E-state index is 12.3. The van der Waals surface area contributed by atoms with E-state index in [4.69, 9.17) is 11.6 Å². The van der Waals surface area contributed by atoms with Gasteiger partial charge in [0.05, 0.1) is 5.88 Å². The van der Waals surface area contributed by atoms with Crippen LogP contribution in [0.15, 0.2) is 6.07 Å². The zero-order chi connectivity index (χ0) is 10.0. The predicted octanol–water partition coefficient (Wildman–Crippen LogP) is 2.77. The summed E-state index contributed by atoms with van der Waals surface area (Å²) in [6.45, 7) is 1.57. The Morgan fingerprint density at radius 1 is 1.62 bits per heavy atom. The molecule has 5 heteroatoms. The van der Waals surface area contributed by atoms with E-state index in [0.717, 1.165) is 0 Å².